The molecular weight excluding hydrogens is 249 g/mol. The molecule has 0 unspecified atom stereocenters. The van der Waals surface area contributed by atoms with E-state index in [0.29, 0.717) is 0 Å². The molecule has 0 bridgehead atoms. The van der Waals surface area contributed by atoms with E-state index >= 15 is 0 Å². The first-order chi connectivity index (χ1) is 8.43. The summed E-state index contributed by atoms with van der Waals surface area (Å²) in [6.07, 6.45) is -3.28. The maximum atomic E-state index is 12.5. The highest BCUT2D eigenvalue weighted by Gasteiger charge is 2.32. The van der Waals surface area contributed by atoms with Crippen molar-refractivity contribution in [2.24, 2.45) is 10.9 Å². The Morgan fingerprint density at radius 2 is 2.00 bits per heavy atom. The quantitative estimate of drug-likeness (QED) is 0.352. The lowest BCUT2D eigenvalue weighted by Gasteiger charge is -2.08. The topological polar surface area (TPSA) is 84.4 Å². The first kappa shape index (κ1) is 12.1. The van der Waals surface area contributed by atoms with Crippen molar-refractivity contribution in [3.8, 4) is 0 Å². The van der Waals surface area contributed by atoms with Crippen molar-refractivity contribution in [2.45, 2.75) is 6.18 Å². The van der Waals surface area contributed by atoms with Gasteiger partial charge < -0.3 is 10.9 Å². The van der Waals surface area contributed by atoms with Gasteiger partial charge in [-0.05, 0) is 18.2 Å². The summed E-state index contributed by atoms with van der Waals surface area (Å²) in [6.45, 7) is 0. The number of hydrogen-bond donors (Lipinski definition) is 2. The van der Waals surface area contributed by atoms with Crippen molar-refractivity contribution in [2.75, 3.05) is 0 Å². The van der Waals surface area contributed by atoms with Crippen LogP contribution in [0.2, 0.25) is 0 Å². The molecule has 3 N–H and O–H groups in total. The fraction of sp³-hybridized carbons (Fsp3) is 0.100. The van der Waals surface area contributed by atoms with Crippen LogP contribution in [0.4, 0.5) is 13.2 Å². The Kier molecular flexibility index (Phi) is 2.77. The van der Waals surface area contributed by atoms with Gasteiger partial charge in [-0.15, -0.1) is 0 Å². The number of oxime groups is 1. The predicted octanol–water partition coefficient (Wildman–Crippen LogP) is 1.74. The Bertz CT molecular complexity index is 624. The fourth-order valence-corrected chi connectivity index (χ4v) is 1.46. The SMILES string of the molecule is N/C(=N/O)c1nccc2nc(C(F)(F)F)ccc12. The van der Waals surface area contributed by atoms with Gasteiger partial charge in [-0.1, -0.05) is 5.16 Å². The summed E-state index contributed by atoms with van der Waals surface area (Å²) in [6, 6.07) is 3.32. The van der Waals surface area contributed by atoms with Gasteiger partial charge in [-0.25, -0.2) is 4.98 Å². The number of hydrogen-bond acceptors (Lipinski definition) is 4. The van der Waals surface area contributed by atoms with E-state index in [1.54, 1.807) is 0 Å². The van der Waals surface area contributed by atoms with Crippen molar-refractivity contribution >= 4 is 16.7 Å². The molecule has 0 aliphatic heterocycles. The Hall–Kier alpha value is -2.38. The van der Waals surface area contributed by atoms with E-state index in [-0.39, 0.29) is 22.4 Å². The van der Waals surface area contributed by atoms with Gasteiger partial charge >= 0.3 is 6.18 Å². The van der Waals surface area contributed by atoms with E-state index in [9.17, 15) is 13.2 Å². The van der Waals surface area contributed by atoms with Crippen LogP contribution in [-0.2, 0) is 6.18 Å². The van der Waals surface area contributed by atoms with Crippen molar-refractivity contribution in [1.29, 1.82) is 0 Å². The van der Waals surface area contributed by atoms with Gasteiger partial charge in [0.05, 0.1) is 5.52 Å². The van der Waals surface area contributed by atoms with Gasteiger partial charge in [0, 0.05) is 11.6 Å². The zero-order chi connectivity index (χ0) is 13.3. The summed E-state index contributed by atoms with van der Waals surface area (Å²) in [4.78, 5) is 7.30. The number of pyridine rings is 2. The van der Waals surface area contributed by atoms with Gasteiger partial charge in [-0.3, -0.25) is 4.98 Å². The van der Waals surface area contributed by atoms with Crippen molar-refractivity contribution < 1.29 is 18.4 Å². The molecule has 0 saturated heterocycles. The zero-order valence-corrected chi connectivity index (χ0v) is 8.81. The van der Waals surface area contributed by atoms with Gasteiger partial charge in [0.1, 0.15) is 11.4 Å². The molecule has 0 saturated carbocycles. The van der Waals surface area contributed by atoms with Crippen LogP contribution in [0.3, 0.4) is 0 Å². The molecule has 2 aromatic rings. The predicted molar refractivity (Wildman–Crippen MR) is 57.1 cm³/mol. The normalized spacial score (nSPS) is 12.9. The first-order valence-electron chi connectivity index (χ1n) is 4.74. The summed E-state index contributed by atoms with van der Waals surface area (Å²) in [5.74, 6) is -0.290. The van der Waals surface area contributed by atoms with Crippen LogP contribution in [0.1, 0.15) is 11.4 Å². The first-order valence-corrected chi connectivity index (χ1v) is 4.74. The molecule has 5 nitrogen and oxygen atoms in total. The highest BCUT2D eigenvalue weighted by molar-refractivity contribution is 6.06. The third kappa shape index (κ3) is 2.04. The molecule has 18 heavy (non-hydrogen) atoms. The standard InChI is InChI=1S/C10H7F3N4O/c11-10(12,13)7-2-1-5-6(16-7)3-4-15-8(5)9(14)17-18/h1-4,18H,(H2,14,17). The molecule has 8 heteroatoms. The molecule has 0 fully saturated rings. The van der Waals surface area contributed by atoms with Crippen LogP contribution < -0.4 is 5.73 Å². The minimum Gasteiger partial charge on any atom is -0.409 e. The molecule has 0 spiro atoms. The van der Waals surface area contributed by atoms with E-state index in [4.69, 9.17) is 10.9 Å². The van der Waals surface area contributed by atoms with Crippen LogP contribution in [0.25, 0.3) is 10.9 Å². The molecule has 2 heterocycles. The maximum absolute atomic E-state index is 12.5. The van der Waals surface area contributed by atoms with Gasteiger partial charge in [0.15, 0.2) is 5.84 Å². The Morgan fingerprint density at radius 3 is 2.61 bits per heavy atom. The largest absolute Gasteiger partial charge is 0.433 e. The lowest BCUT2D eigenvalue weighted by atomic mass is 10.1. The van der Waals surface area contributed by atoms with E-state index in [1.165, 1.54) is 18.3 Å². The Balaban J connectivity index is 2.68. The van der Waals surface area contributed by atoms with E-state index in [2.05, 4.69) is 15.1 Å². The molecule has 0 aliphatic carbocycles. The summed E-state index contributed by atoms with van der Waals surface area (Å²) in [5, 5.41) is 11.6. The molecule has 0 radical (unpaired) electrons. The van der Waals surface area contributed by atoms with E-state index < -0.39 is 11.9 Å². The number of rotatable bonds is 1. The number of halogens is 3. The summed E-state index contributed by atoms with van der Waals surface area (Å²) >= 11 is 0. The monoisotopic (exact) mass is 256 g/mol. The minimum absolute atomic E-state index is 0.0708. The smallest absolute Gasteiger partial charge is 0.409 e. The average molecular weight is 256 g/mol. The fourth-order valence-electron chi connectivity index (χ4n) is 1.46. The summed E-state index contributed by atoms with van der Waals surface area (Å²) < 4.78 is 37.4. The molecule has 0 aromatic carbocycles. The van der Waals surface area contributed by atoms with Gasteiger partial charge in [0.2, 0.25) is 0 Å². The van der Waals surface area contributed by atoms with Crippen molar-refractivity contribution in [3.63, 3.8) is 0 Å². The van der Waals surface area contributed by atoms with E-state index in [0.717, 1.165) is 6.07 Å². The van der Waals surface area contributed by atoms with Crippen LogP contribution in [-0.4, -0.2) is 21.0 Å². The maximum Gasteiger partial charge on any atom is 0.433 e. The van der Waals surface area contributed by atoms with Crippen molar-refractivity contribution in [3.05, 3.63) is 35.8 Å². The Morgan fingerprint density at radius 1 is 1.28 bits per heavy atom. The number of alkyl halides is 3. The number of nitrogens with two attached hydrogens (primary N) is 1. The number of aromatic nitrogens is 2. The second kappa shape index (κ2) is 4.13. The third-order valence-corrected chi connectivity index (χ3v) is 2.26. The van der Waals surface area contributed by atoms with Crippen LogP contribution in [0.5, 0.6) is 0 Å². The van der Waals surface area contributed by atoms with Gasteiger partial charge in [0.25, 0.3) is 0 Å². The summed E-state index contributed by atoms with van der Waals surface area (Å²) in [5.41, 5.74) is 4.51. The summed E-state index contributed by atoms with van der Waals surface area (Å²) in [7, 11) is 0. The number of nitrogens with zero attached hydrogens (tertiary/aromatic N) is 3. The highest BCUT2D eigenvalue weighted by atomic mass is 19.4. The average Bonchev–Trinajstić information content (AvgIpc) is 2.35. The minimum atomic E-state index is -4.52. The Labute approximate surface area is 98.8 Å². The molecule has 0 atom stereocenters. The molecule has 2 rings (SSSR count). The van der Waals surface area contributed by atoms with Crippen LogP contribution >= 0.6 is 0 Å². The van der Waals surface area contributed by atoms with Crippen molar-refractivity contribution in [1.82, 2.24) is 9.97 Å². The number of fused-ring (bicyclic) bond motifs is 1. The van der Waals surface area contributed by atoms with Crippen LogP contribution in [0.15, 0.2) is 29.6 Å². The molecule has 0 amide bonds. The third-order valence-electron chi connectivity index (χ3n) is 2.26. The number of amidine groups is 1. The van der Waals surface area contributed by atoms with E-state index in [1.807, 2.05) is 0 Å². The van der Waals surface area contributed by atoms with Gasteiger partial charge in [-0.2, -0.15) is 13.2 Å². The molecule has 2 aromatic heterocycles. The highest BCUT2D eigenvalue weighted by Crippen LogP contribution is 2.29. The molecular formula is C10H7F3N4O. The molecule has 94 valence electrons. The second-order valence-corrected chi connectivity index (χ2v) is 3.41. The second-order valence-electron chi connectivity index (χ2n) is 3.41. The molecule has 0 aliphatic rings. The lowest BCUT2D eigenvalue weighted by Crippen LogP contribution is -2.16. The van der Waals surface area contributed by atoms with Crippen LogP contribution in [0, 0.1) is 0 Å². The zero-order valence-electron chi connectivity index (χ0n) is 8.81. The lowest BCUT2D eigenvalue weighted by molar-refractivity contribution is -0.140.